The van der Waals surface area contributed by atoms with Gasteiger partial charge in [-0.2, -0.15) is 0 Å². The van der Waals surface area contributed by atoms with Crippen LogP contribution >= 0.6 is 0 Å². The van der Waals surface area contributed by atoms with Crippen molar-refractivity contribution >= 4 is 55.5 Å². The van der Waals surface area contributed by atoms with Crippen LogP contribution in [0.5, 0.6) is 0 Å². The van der Waals surface area contributed by atoms with Gasteiger partial charge < -0.3 is 9.32 Å². The molecule has 10 rings (SSSR count). The minimum atomic E-state index is 0.102. The number of para-hydroxylation sites is 1. The van der Waals surface area contributed by atoms with Crippen molar-refractivity contribution in [2.45, 2.75) is 13.8 Å². The van der Waals surface area contributed by atoms with Crippen LogP contribution in [-0.4, -0.2) is 0 Å². The topological polar surface area (TPSA) is 16.4 Å². The lowest BCUT2D eigenvalue weighted by Crippen LogP contribution is -2.19. The average Bonchev–Trinajstić information content (AvgIpc) is 3.67. The molecule has 2 nitrogen and oxygen atoms in total. The SMILES string of the molecule is C\C=C/C=C\C(=C1\c2oc3ccccc3c2C=CC1C)N(c1ccc(-c2ccc(-c3cccc4ccccc34)cc2)cc1)c1ccc(-c2cccc3ccccc23)cc1. The van der Waals surface area contributed by atoms with Crippen molar-refractivity contribution in [3.8, 4) is 33.4 Å². The van der Waals surface area contributed by atoms with E-state index in [1.165, 1.54) is 49.4 Å². The van der Waals surface area contributed by atoms with Gasteiger partial charge in [0.25, 0.3) is 0 Å². The van der Waals surface area contributed by atoms with Crippen LogP contribution in [0.15, 0.2) is 222 Å². The second-order valence-electron chi connectivity index (χ2n) is 15.2. The molecule has 0 saturated carbocycles. The Morgan fingerprint density at radius 2 is 1.00 bits per heavy atom. The van der Waals surface area contributed by atoms with Crippen LogP contribution in [0, 0.1) is 5.92 Å². The van der Waals surface area contributed by atoms with Gasteiger partial charge in [0.2, 0.25) is 0 Å². The smallest absolute Gasteiger partial charge is 0.141 e. The molecule has 0 saturated heterocycles. The molecular formula is C57H43NO. The minimum Gasteiger partial charge on any atom is -0.456 e. The standard InChI is InChI=1S/C57H43NO/c1-3-4-5-23-54(56-39(2)25-38-53-52-20-10-11-24-55(52)59-57(53)56)58(47-36-32-45(33-37-47)51-22-13-17-43-15-7-9-19-49(43)51)46-34-30-41(31-35-46)40-26-28-44(29-27-40)50-21-12-16-42-14-6-8-18-48(42)50/h3-39H,1-2H3/b4-3-,23-5-,56-54-. The zero-order valence-corrected chi connectivity index (χ0v) is 33.2. The molecule has 1 aliphatic carbocycles. The van der Waals surface area contributed by atoms with Crippen molar-refractivity contribution in [2.24, 2.45) is 5.92 Å². The Labute approximate surface area is 346 Å². The van der Waals surface area contributed by atoms with E-state index >= 15 is 0 Å². The Morgan fingerprint density at radius 1 is 0.508 bits per heavy atom. The number of benzene rings is 8. The maximum Gasteiger partial charge on any atom is 0.141 e. The Morgan fingerprint density at radius 3 is 1.59 bits per heavy atom. The summed E-state index contributed by atoms with van der Waals surface area (Å²) in [5, 5.41) is 6.13. The molecule has 1 heterocycles. The van der Waals surface area contributed by atoms with E-state index in [0.29, 0.717) is 0 Å². The number of hydrogen-bond donors (Lipinski definition) is 0. The van der Waals surface area contributed by atoms with Crippen LogP contribution in [0.25, 0.3) is 77.5 Å². The van der Waals surface area contributed by atoms with Gasteiger partial charge in [0, 0.05) is 33.8 Å². The molecule has 1 aliphatic rings. The maximum absolute atomic E-state index is 6.76. The van der Waals surface area contributed by atoms with E-state index in [4.69, 9.17) is 4.42 Å². The Hall–Kier alpha value is -7.42. The van der Waals surface area contributed by atoms with E-state index < -0.39 is 0 Å². The van der Waals surface area contributed by atoms with E-state index in [1.54, 1.807) is 0 Å². The molecule has 0 N–H and O–H groups in total. The number of anilines is 2. The fourth-order valence-electron chi connectivity index (χ4n) is 8.68. The van der Waals surface area contributed by atoms with E-state index in [0.717, 1.165) is 50.5 Å². The lowest BCUT2D eigenvalue weighted by atomic mass is 9.87. The molecule has 1 unspecified atom stereocenters. The minimum absolute atomic E-state index is 0.102. The van der Waals surface area contributed by atoms with Crippen LogP contribution in [-0.2, 0) is 0 Å². The lowest BCUT2D eigenvalue weighted by Gasteiger charge is -2.31. The van der Waals surface area contributed by atoms with Crippen LogP contribution in [0.3, 0.4) is 0 Å². The molecule has 0 radical (unpaired) electrons. The normalized spacial score (nSPS) is 14.8. The molecule has 2 heteroatoms. The average molecular weight is 758 g/mol. The predicted molar refractivity (Wildman–Crippen MR) is 252 cm³/mol. The summed E-state index contributed by atoms with van der Waals surface area (Å²) in [4.78, 5) is 2.39. The van der Waals surface area contributed by atoms with Gasteiger partial charge in [-0.15, -0.1) is 0 Å². The first-order valence-electron chi connectivity index (χ1n) is 20.5. The summed E-state index contributed by atoms with van der Waals surface area (Å²) in [6, 6.07) is 65.6. The zero-order valence-electron chi connectivity index (χ0n) is 33.2. The van der Waals surface area contributed by atoms with Crippen LogP contribution in [0.1, 0.15) is 25.2 Å². The highest BCUT2D eigenvalue weighted by molar-refractivity contribution is 5.99. The third-order valence-corrected chi connectivity index (χ3v) is 11.6. The number of rotatable bonds is 8. The van der Waals surface area contributed by atoms with Crippen LogP contribution < -0.4 is 4.90 Å². The number of furan rings is 1. The van der Waals surface area contributed by atoms with Crippen molar-refractivity contribution in [3.63, 3.8) is 0 Å². The molecule has 1 aromatic heterocycles. The van der Waals surface area contributed by atoms with Crippen molar-refractivity contribution in [1.82, 2.24) is 0 Å². The first-order chi connectivity index (χ1) is 29.1. The molecule has 0 spiro atoms. The summed E-state index contributed by atoms with van der Waals surface area (Å²) in [6.45, 7) is 4.32. The third-order valence-electron chi connectivity index (χ3n) is 11.6. The molecule has 0 aliphatic heterocycles. The van der Waals surface area contributed by atoms with E-state index in [9.17, 15) is 0 Å². The lowest BCUT2D eigenvalue weighted by molar-refractivity contribution is 0.588. The summed E-state index contributed by atoms with van der Waals surface area (Å²) in [7, 11) is 0. The van der Waals surface area contributed by atoms with Gasteiger partial charge in [0.1, 0.15) is 11.3 Å². The van der Waals surface area contributed by atoms with Gasteiger partial charge in [0.05, 0.1) is 5.70 Å². The number of hydrogen-bond acceptors (Lipinski definition) is 2. The number of allylic oxidation sites excluding steroid dienone is 6. The second kappa shape index (κ2) is 15.5. The van der Waals surface area contributed by atoms with E-state index in [-0.39, 0.29) is 5.92 Å². The first kappa shape index (κ1) is 36.0. The van der Waals surface area contributed by atoms with Crippen molar-refractivity contribution in [1.29, 1.82) is 0 Å². The Bertz CT molecular complexity index is 3090. The highest BCUT2D eigenvalue weighted by Gasteiger charge is 2.29. The summed E-state index contributed by atoms with van der Waals surface area (Å²) in [5.74, 6) is 1.02. The molecule has 9 aromatic rings. The molecule has 59 heavy (non-hydrogen) atoms. The fraction of sp³-hybridized carbons (Fsp3) is 0.0526. The molecule has 0 bridgehead atoms. The van der Waals surface area contributed by atoms with Crippen LogP contribution in [0.4, 0.5) is 11.4 Å². The quantitative estimate of drug-likeness (QED) is 0.144. The Kier molecular flexibility index (Phi) is 9.44. The summed E-state index contributed by atoms with van der Waals surface area (Å²) < 4.78 is 6.76. The van der Waals surface area contributed by atoms with Crippen molar-refractivity contribution in [3.05, 3.63) is 229 Å². The van der Waals surface area contributed by atoms with Gasteiger partial charge >= 0.3 is 0 Å². The summed E-state index contributed by atoms with van der Waals surface area (Å²) in [5.41, 5.74) is 13.6. The number of nitrogens with zero attached hydrogens (tertiary/aromatic N) is 1. The summed E-state index contributed by atoms with van der Waals surface area (Å²) in [6.07, 6.45) is 13.1. The predicted octanol–water partition coefficient (Wildman–Crippen LogP) is 16.1. The molecular weight excluding hydrogens is 715 g/mol. The monoisotopic (exact) mass is 757 g/mol. The van der Waals surface area contributed by atoms with Gasteiger partial charge in [-0.05, 0) is 98.3 Å². The molecule has 8 aromatic carbocycles. The maximum atomic E-state index is 6.76. The van der Waals surface area contributed by atoms with Gasteiger partial charge in [0.15, 0.2) is 0 Å². The van der Waals surface area contributed by atoms with E-state index in [2.05, 4.69) is 231 Å². The van der Waals surface area contributed by atoms with Crippen molar-refractivity contribution in [2.75, 3.05) is 4.90 Å². The highest BCUT2D eigenvalue weighted by atomic mass is 16.3. The number of fused-ring (bicyclic) bond motifs is 5. The molecule has 282 valence electrons. The van der Waals surface area contributed by atoms with Gasteiger partial charge in [-0.25, -0.2) is 0 Å². The third kappa shape index (κ3) is 6.69. The molecule has 0 amide bonds. The molecule has 0 fully saturated rings. The van der Waals surface area contributed by atoms with Crippen molar-refractivity contribution < 1.29 is 4.42 Å². The zero-order chi connectivity index (χ0) is 39.7. The van der Waals surface area contributed by atoms with Gasteiger partial charge in [-0.1, -0.05) is 189 Å². The van der Waals surface area contributed by atoms with Gasteiger partial charge in [-0.3, -0.25) is 0 Å². The Balaban J connectivity index is 1.10. The second-order valence-corrected chi connectivity index (χ2v) is 15.2. The molecule has 1 atom stereocenters. The summed E-state index contributed by atoms with van der Waals surface area (Å²) >= 11 is 0. The largest absolute Gasteiger partial charge is 0.456 e. The van der Waals surface area contributed by atoms with Crippen LogP contribution in [0.2, 0.25) is 0 Å². The highest BCUT2D eigenvalue weighted by Crippen LogP contribution is 2.45. The van der Waals surface area contributed by atoms with E-state index in [1.807, 2.05) is 6.07 Å². The fourth-order valence-corrected chi connectivity index (χ4v) is 8.68. The first-order valence-corrected chi connectivity index (χ1v) is 20.5.